The number of benzene rings is 1. The number of aliphatic hydroxyl groups is 1. The monoisotopic (exact) mass is 274 g/mol. The molecule has 0 amide bonds. The summed E-state index contributed by atoms with van der Waals surface area (Å²) in [6.07, 6.45) is 3.29. The highest BCUT2D eigenvalue weighted by molar-refractivity contribution is 5.87. The second-order valence-electron chi connectivity index (χ2n) is 5.20. The molecule has 0 aliphatic heterocycles. The Balaban J connectivity index is 2.10. The SMILES string of the molecule is COC(=O)C1CCCc2c1ccc1oc(CCO)cc21. The maximum atomic E-state index is 11.9. The van der Waals surface area contributed by atoms with Crippen molar-refractivity contribution in [2.75, 3.05) is 13.7 Å². The lowest BCUT2D eigenvalue weighted by molar-refractivity contribution is -0.142. The Labute approximate surface area is 117 Å². The smallest absolute Gasteiger partial charge is 0.313 e. The van der Waals surface area contributed by atoms with Crippen molar-refractivity contribution in [1.82, 2.24) is 0 Å². The molecule has 4 heteroatoms. The van der Waals surface area contributed by atoms with Crippen molar-refractivity contribution in [3.8, 4) is 0 Å². The average Bonchev–Trinajstić information content (AvgIpc) is 2.89. The van der Waals surface area contributed by atoms with Crippen LogP contribution in [-0.2, 0) is 22.4 Å². The second kappa shape index (κ2) is 5.29. The number of aryl methyl sites for hydroxylation is 1. The predicted octanol–water partition coefficient (Wildman–Crippen LogP) is 2.56. The highest BCUT2D eigenvalue weighted by atomic mass is 16.5. The lowest BCUT2D eigenvalue weighted by atomic mass is 9.81. The van der Waals surface area contributed by atoms with Gasteiger partial charge in [0, 0.05) is 11.8 Å². The minimum atomic E-state index is -0.163. The summed E-state index contributed by atoms with van der Waals surface area (Å²) < 4.78 is 10.6. The number of hydrogen-bond donors (Lipinski definition) is 1. The van der Waals surface area contributed by atoms with Crippen LogP contribution in [0.2, 0.25) is 0 Å². The molecule has 1 N–H and O–H groups in total. The van der Waals surface area contributed by atoms with Gasteiger partial charge in [0.1, 0.15) is 11.3 Å². The molecule has 1 aliphatic rings. The zero-order valence-electron chi connectivity index (χ0n) is 11.5. The number of furan rings is 1. The van der Waals surface area contributed by atoms with Crippen LogP contribution in [0.4, 0.5) is 0 Å². The highest BCUT2D eigenvalue weighted by Crippen LogP contribution is 2.37. The third-order valence-corrected chi connectivity index (χ3v) is 4.04. The van der Waals surface area contributed by atoms with E-state index in [1.807, 2.05) is 18.2 Å². The third kappa shape index (κ3) is 2.10. The van der Waals surface area contributed by atoms with Crippen LogP contribution in [0.15, 0.2) is 22.6 Å². The van der Waals surface area contributed by atoms with E-state index in [-0.39, 0.29) is 18.5 Å². The molecule has 1 aromatic heterocycles. The summed E-state index contributed by atoms with van der Waals surface area (Å²) in [5, 5.41) is 10.1. The first-order valence-electron chi connectivity index (χ1n) is 6.97. The maximum Gasteiger partial charge on any atom is 0.313 e. The van der Waals surface area contributed by atoms with E-state index in [4.69, 9.17) is 14.3 Å². The molecule has 0 spiro atoms. The van der Waals surface area contributed by atoms with Gasteiger partial charge in [-0.2, -0.15) is 0 Å². The Kier molecular flexibility index (Phi) is 3.49. The summed E-state index contributed by atoms with van der Waals surface area (Å²) in [6.45, 7) is 0.0762. The number of rotatable bonds is 3. The molecule has 1 aliphatic carbocycles. The van der Waals surface area contributed by atoms with Crippen LogP contribution >= 0.6 is 0 Å². The number of fused-ring (bicyclic) bond motifs is 3. The first-order valence-corrected chi connectivity index (χ1v) is 6.97. The Morgan fingerprint density at radius 1 is 1.50 bits per heavy atom. The molecule has 0 saturated heterocycles. The lowest BCUT2D eigenvalue weighted by Gasteiger charge is -2.23. The van der Waals surface area contributed by atoms with E-state index >= 15 is 0 Å². The van der Waals surface area contributed by atoms with Crippen molar-refractivity contribution in [2.24, 2.45) is 0 Å². The highest BCUT2D eigenvalue weighted by Gasteiger charge is 2.28. The molecule has 1 unspecified atom stereocenters. The van der Waals surface area contributed by atoms with Crippen LogP contribution in [0.5, 0.6) is 0 Å². The van der Waals surface area contributed by atoms with Crippen molar-refractivity contribution < 1.29 is 19.1 Å². The Bertz CT molecular complexity index is 641. The van der Waals surface area contributed by atoms with E-state index in [0.29, 0.717) is 6.42 Å². The molecule has 0 radical (unpaired) electrons. The van der Waals surface area contributed by atoms with E-state index < -0.39 is 0 Å². The molecular weight excluding hydrogens is 256 g/mol. The number of hydrogen-bond acceptors (Lipinski definition) is 4. The molecule has 106 valence electrons. The minimum Gasteiger partial charge on any atom is -0.469 e. The van der Waals surface area contributed by atoms with Gasteiger partial charge in [0.25, 0.3) is 0 Å². The van der Waals surface area contributed by atoms with Gasteiger partial charge in [-0.25, -0.2) is 0 Å². The molecule has 1 atom stereocenters. The molecule has 3 rings (SSSR count). The zero-order valence-corrected chi connectivity index (χ0v) is 11.5. The van der Waals surface area contributed by atoms with Crippen LogP contribution < -0.4 is 0 Å². The topological polar surface area (TPSA) is 59.7 Å². The fourth-order valence-electron chi connectivity index (χ4n) is 3.10. The molecule has 20 heavy (non-hydrogen) atoms. The molecule has 1 aromatic carbocycles. The number of esters is 1. The van der Waals surface area contributed by atoms with Gasteiger partial charge in [-0.15, -0.1) is 0 Å². The summed E-state index contributed by atoms with van der Waals surface area (Å²) in [6, 6.07) is 5.88. The molecule has 0 bridgehead atoms. The summed E-state index contributed by atoms with van der Waals surface area (Å²) in [4.78, 5) is 11.9. The van der Waals surface area contributed by atoms with Crippen molar-refractivity contribution >= 4 is 16.9 Å². The second-order valence-corrected chi connectivity index (χ2v) is 5.20. The van der Waals surface area contributed by atoms with Crippen molar-refractivity contribution in [1.29, 1.82) is 0 Å². The number of aliphatic hydroxyl groups excluding tert-OH is 1. The summed E-state index contributed by atoms with van der Waals surface area (Å²) in [7, 11) is 1.44. The van der Waals surface area contributed by atoms with Crippen LogP contribution in [-0.4, -0.2) is 24.8 Å². The molecule has 2 aromatic rings. The fourth-order valence-corrected chi connectivity index (χ4v) is 3.10. The Hall–Kier alpha value is -1.81. The van der Waals surface area contributed by atoms with Crippen LogP contribution in [0.3, 0.4) is 0 Å². The molecule has 1 heterocycles. The molecule has 4 nitrogen and oxygen atoms in total. The zero-order chi connectivity index (χ0) is 14.1. The molecule has 0 fully saturated rings. The number of carbonyl (C=O) groups excluding carboxylic acids is 1. The van der Waals surface area contributed by atoms with Crippen molar-refractivity contribution in [2.45, 2.75) is 31.6 Å². The fraction of sp³-hybridized carbons (Fsp3) is 0.438. The first-order chi connectivity index (χ1) is 9.74. The van der Waals surface area contributed by atoms with Gasteiger partial charge in [-0.1, -0.05) is 6.07 Å². The summed E-state index contributed by atoms with van der Waals surface area (Å²) in [5.41, 5.74) is 3.08. The Morgan fingerprint density at radius 2 is 2.35 bits per heavy atom. The number of ether oxygens (including phenoxy) is 1. The third-order valence-electron chi connectivity index (χ3n) is 4.04. The van der Waals surface area contributed by atoms with Crippen LogP contribution in [0.25, 0.3) is 11.0 Å². The minimum absolute atomic E-state index is 0.0762. The molecular formula is C16H18O4. The standard InChI is InChI=1S/C16H18O4/c1-19-16(18)13-4-2-3-11-12(13)5-6-15-14(11)9-10(20-15)7-8-17/h5-6,9,13,17H,2-4,7-8H2,1H3. The predicted molar refractivity (Wildman–Crippen MR) is 74.7 cm³/mol. The van der Waals surface area contributed by atoms with Gasteiger partial charge >= 0.3 is 5.97 Å². The Morgan fingerprint density at radius 3 is 3.10 bits per heavy atom. The van der Waals surface area contributed by atoms with Crippen molar-refractivity contribution in [3.63, 3.8) is 0 Å². The molecule has 0 saturated carbocycles. The van der Waals surface area contributed by atoms with Gasteiger partial charge in [-0.05, 0) is 42.5 Å². The largest absolute Gasteiger partial charge is 0.469 e. The van der Waals surface area contributed by atoms with Gasteiger partial charge in [0.15, 0.2) is 0 Å². The van der Waals surface area contributed by atoms with Gasteiger partial charge in [0.2, 0.25) is 0 Å². The number of carbonyl (C=O) groups is 1. The number of methoxy groups -OCH3 is 1. The van der Waals surface area contributed by atoms with Gasteiger partial charge < -0.3 is 14.3 Å². The van der Waals surface area contributed by atoms with Gasteiger partial charge in [-0.3, -0.25) is 4.79 Å². The van der Waals surface area contributed by atoms with Crippen molar-refractivity contribution in [3.05, 3.63) is 35.1 Å². The normalized spacial score (nSPS) is 18.0. The summed E-state index contributed by atoms with van der Waals surface area (Å²) in [5.74, 6) is 0.463. The van der Waals surface area contributed by atoms with Crippen LogP contribution in [0, 0.1) is 0 Å². The van der Waals surface area contributed by atoms with E-state index in [1.54, 1.807) is 0 Å². The van der Waals surface area contributed by atoms with E-state index in [2.05, 4.69) is 0 Å². The average molecular weight is 274 g/mol. The quantitative estimate of drug-likeness (QED) is 0.874. The van der Waals surface area contributed by atoms with Crippen LogP contribution in [0.1, 0.15) is 35.6 Å². The lowest BCUT2D eigenvalue weighted by Crippen LogP contribution is -2.19. The van der Waals surface area contributed by atoms with E-state index in [1.165, 1.54) is 12.7 Å². The first kappa shape index (κ1) is 13.2. The summed E-state index contributed by atoms with van der Waals surface area (Å²) >= 11 is 0. The van der Waals surface area contributed by atoms with E-state index in [9.17, 15) is 4.79 Å². The van der Waals surface area contributed by atoms with Gasteiger partial charge in [0.05, 0.1) is 19.6 Å². The van der Waals surface area contributed by atoms with E-state index in [0.717, 1.165) is 41.6 Å². The maximum absolute atomic E-state index is 11.9.